The number of nitrogens with one attached hydrogen (secondary N) is 1. The summed E-state index contributed by atoms with van der Waals surface area (Å²) in [6, 6.07) is 19.1. The predicted octanol–water partition coefficient (Wildman–Crippen LogP) is 5.84. The lowest BCUT2D eigenvalue weighted by Crippen LogP contribution is -2.29. The van der Waals surface area contributed by atoms with Crippen molar-refractivity contribution in [2.75, 3.05) is 7.11 Å². The van der Waals surface area contributed by atoms with Crippen molar-refractivity contribution in [3.8, 4) is 5.75 Å². The van der Waals surface area contributed by atoms with Crippen molar-refractivity contribution in [2.24, 2.45) is 5.92 Å². The second-order valence-electron chi connectivity index (χ2n) is 8.75. The molecule has 9 heteroatoms. The summed E-state index contributed by atoms with van der Waals surface area (Å²) in [6.45, 7) is 4.42. The molecule has 0 bridgehead atoms. The van der Waals surface area contributed by atoms with Gasteiger partial charge in [-0.15, -0.1) is 0 Å². The van der Waals surface area contributed by atoms with Gasteiger partial charge >= 0.3 is 4.87 Å². The molecule has 1 unspecified atom stereocenters. The number of fused-ring (bicyclic) bond motifs is 1. The van der Waals surface area contributed by atoms with Gasteiger partial charge in [-0.2, -0.15) is 0 Å². The van der Waals surface area contributed by atoms with Crippen LogP contribution in [0.3, 0.4) is 0 Å². The quantitative estimate of drug-likeness (QED) is 0.295. The molecule has 0 fully saturated rings. The minimum atomic E-state index is -3.84. The highest BCUT2D eigenvalue weighted by atomic mass is 35.5. The van der Waals surface area contributed by atoms with Crippen molar-refractivity contribution in [1.82, 2.24) is 9.29 Å². The maximum absolute atomic E-state index is 13.4. The molecular formula is C26H27ClN2O4S2. The van der Waals surface area contributed by atoms with Crippen LogP contribution in [-0.2, 0) is 16.6 Å². The molecule has 4 aromatic rings. The molecule has 0 radical (unpaired) electrons. The highest BCUT2D eigenvalue weighted by molar-refractivity contribution is 7.89. The van der Waals surface area contributed by atoms with E-state index in [4.69, 9.17) is 16.3 Å². The van der Waals surface area contributed by atoms with Gasteiger partial charge in [0, 0.05) is 11.1 Å². The fraction of sp³-hybridized carbons (Fsp3) is 0.269. The predicted molar refractivity (Wildman–Crippen MR) is 142 cm³/mol. The van der Waals surface area contributed by atoms with Crippen LogP contribution in [0.1, 0.15) is 37.4 Å². The Morgan fingerprint density at radius 3 is 2.43 bits per heavy atom. The Hall–Kier alpha value is -2.65. The normalized spacial score (nSPS) is 12.8. The molecule has 1 N–H and O–H groups in total. The number of ether oxygens (including phenoxy) is 1. The summed E-state index contributed by atoms with van der Waals surface area (Å²) in [6.07, 6.45) is 0.634. The first-order valence-electron chi connectivity index (χ1n) is 11.2. The first-order chi connectivity index (χ1) is 16.7. The van der Waals surface area contributed by atoms with Gasteiger partial charge in [0.15, 0.2) is 0 Å². The molecule has 0 saturated heterocycles. The largest absolute Gasteiger partial charge is 0.497 e. The van der Waals surface area contributed by atoms with Crippen molar-refractivity contribution >= 4 is 43.2 Å². The number of hydrogen-bond donors (Lipinski definition) is 1. The van der Waals surface area contributed by atoms with Crippen molar-refractivity contribution < 1.29 is 13.2 Å². The first kappa shape index (κ1) is 25.4. The number of benzene rings is 3. The molecule has 0 amide bonds. The highest BCUT2D eigenvalue weighted by Gasteiger charge is 2.23. The molecule has 1 heterocycles. The van der Waals surface area contributed by atoms with Crippen LogP contribution in [0.5, 0.6) is 5.75 Å². The van der Waals surface area contributed by atoms with E-state index in [0.717, 1.165) is 22.5 Å². The molecular weight excluding hydrogens is 504 g/mol. The summed E-state index contributed by atoms with van der Waals surface area (Å²) in [5.74, 6) is 0.984. The lowest BCUT2D eigenvalue weighted by molar-refractivity contribution is 0.414. The summed E-state index contributed by atoms with van der Waals surface area (Å²) in [5.41, 5.74) is 2.36. The average molecular weight is 531 g/mol. The summed E-state index contributed by atoms with van der Waals surface area (Å²) in [4.78, 5) is 12.7. The van der Waals surface area contributed by atoms with Crippen LogP contribution in [0.4, 0.5) is 0 Å². The lowest BCUT2D eigenvalue weighted by Gasteiger charge is -2.21. The standard InChI is InChI=1S/C26H27ClN2O4S2/c1-17(2)14-23(18-8-10-20(33-3)11-9-18)28-35(31,32)21-12-13-24-25(15-21)34-26(30)29(24)16-19-6-4-5-7-22(19)27/h4-13,15,17,23,28H,14,16H2,1-3H3. The van der Waals surface area contributed by atoms with Crippen LogP contribution >= 0.6 is 22.9 Å². The number of aromatic nitrogens is 1. The highest BCUT2D eigenvalue weighted by Crippen LogP contribution is 2.28. The third kappa shape index (κ3) is 5.78. The Bertz CT molecular complexity index is 1490. The topological polar surface area (TPSA) is 77.4 Å². The molecule has 184 valence electrons. The van der Waals surface area contributed by atoms with E-state index in [2.05, 4.69) is 18.6 Å². The zero-order chi connectivity index (χ0) is 25.2. The molecule has 0 aliphatic carbocycles. The molecule has 4 rings (SSSR count). The van der Waals surface area contributed by atoms with Crippen LogP contribution in [0.2, 0.25) is 5.02 Å². The Morgan fingerprint density at radius 2 is 1.77 bits per heavy atom. The molecule has 0 aliphatic rings. The second kappa shape index (κ2) is 10.5. The van der Waals surface area contributed by atoms with Gasteiger partial charge in [-0.25, -0.2) is 13.1 Å². The van der Waals surface area contributed by atoms with E-state index >= 15 is 0 Å². The van der Waals surface area contributed by atoms with Crippen molar-refractivity contribution in [3.63, 3.8) is 0 Å². The van der Waals surface area contributed by atoms with E-state index in [1.807, 2.05) is 42.5 Å². The summed E-state index contributed by atoms with van der Waals surface area (Å²) < 4.78 is 37.0. The van der Waals surface area contributed by atoms with Crippen LogP contribution in [0.25, 0.3) is 10.2 Å². The van der Waals surface area contributed by atoms with Gasteiger partial charge in [-0.1, -0.05) is 67.1 Å². The van der Waals surface area contributed by atoms with E-state index in [1.54, 1.807) is 35.9 Å². The monoisotopic (exact) mass is 530 g/mol. The number of methoxy groups -OCH3 is 1. The number of rotatable bonds is 9. The fourth-order valence-corrected chi connectivity index (χ4v) is 6.44. The maximum Gasteiger partial charge on any atom is 0.308 e. The van der Waals surface area contributed by atoms with Crippen molar-refractivity contribution in [2.45, 2.75) is 37.8 Å². The van der Waals surface area contributed by atoms with Crippen LogP contribution in [0.15, 0.2) is 76.4 Å². The van der Waals surface area contributed by atoms with Gasteiger partial charge in [0.25, 0.3) is 0 Å². The summed E-state index contributed by atoms with van der Waals surface area (Å²) in [7, 11) is -2.24. The molecule has 35 heavy (non-hydrogen) atoms. The SMILES string of the molecule is COc1ccc(C(CC(C)C)NS(=O)(=O)c2ccc3c(c2)sc(=O)n3Cc2ccccc2Cl)cc1. The number of hydrogen-bond acceptors (Lipinski definition) is 5. The van der Waals surface area contributed by atoms with Gasteiger partial charge in [0.05, 0.1) is 28.8 Å². The summed E-state index contributed by atoms with van der Waals surface area (Å²) >= 11 is 7.30. The van der Waals surface area contributed by atoms with Crippen molar-refractivity contribution in [3.05, 3.63) is 92.5 Å². The molecule has 1 atom stereocenters. The Labute approximate surface area is 214 Å². The third-order valence-corrected chi connectivity index (χ3v) is 8.54. The van der Waals surface area contributed by atoms with Crippen LogP contribution in [-0.4, -0.2) is 20.1 Å². The molecule has 1 aromatic heterocycles. The van der Waals surface area contributed by atoms with Gasteiger partial charge < -0.3 is 4.74 Å². The van der Waals surface area contributed by atoms with Crippen LogP contribution < -0.4 is 14.3 Å². The molecule has 6 nitrogen and oxygen atoms in total. The smallest absolute Gasteiger partial charge is 0.308 e. The van der Waals surface area contributed by atoms with E-state index in [-0.39, 0.29) is 15.7 Å². The minimum absolute atomic E-state index is 0.124. The number of sulfonamides is 1. The molecule has 0 saturated carbocycles. The van der Waals surface area contributed by atoms with Crippen LogP contribution in [0, 0.1) is 5.92 Å². The van der Waals surface area contributed by atoms with Crippen molar-refractivity contribution in [1.29, 1.82) is 0 Å². The number of halogens is 1. The van der Waals surface area contributed by atoms with Gasteiger partial charge in [-0.3, -0.25) is 9.36 Å². The second-order valence-corrected chi connectivity index (χ2v) is 11.9. The zero-order valence-corrected chi connectivity index (χ0v) is 22.1. The third-order valence-electron chi connectivity index (χ3n) is 5.76. The maximum atomic E-state index is 13.4. The van der Waals surface area contributed by atoms with Gasteiger partial charge in [0.2, 0.25) is 10.0 Å². The Kier molecular flexibility index (Phi) is 7.66. The van der Waals surface area contributed by atoms with E-state index in [0.29, 0.717) is 34.0 Å². The van der Waals surface area contributed by atoms with Gasteiger partial charge in [-0.05, 0) is 59.9 Å². The van der Waals surface area contributed by atoms with E-state index < -0.39 is 16.1 Å². The lowest BCUT2D eigenvalue weighted by atomic mass is 9.98. The zero-order valence-electron chi connectivity index (χ0n) is 19.7. The first-order valence-corrected chi connectivity index (χ1v) is 13.9. The van der Waals surface area contributed by atoms with E-state index in [1.165, 1.54) is 0 Å². The Balaban J connectivity index is 1.65. The van der Waals surface area contributed by atoms with Gasteiger partial charge in [0.1, 0.15) is 5.75 Å². The molecule has 0 aliphatic heterocycles. The Morgan fingerprint density at radius 1 is 1.06 bits per heavy atom. The van der Waals surface area contributed by atoms with E-state index in [9.17, 15) is 13.2 Å². The number of nitrogens with zero attached hydrogens (tertiary/aromatic N) is 1. The average Bonchev–Trinajstić information content (AvgIpc) is 3.14. The summed E-state index contributed by atoms with van der Waals surface area (Å²) in [5, 5.41) is 0.580. The molecule has 3 aromatic carbocycles. The number of thiazole rings is 1. The fourth-order valence-electron chi connectivity index (χ4n) is 3.98. The molecule has 0 spiro atoms. The minimum Gasteiger partial charge on any atom is -0.497 e.